The second-order valence-corrected chi connectivity index (χ2v) is 7.41. The van der Waals surface area contributed by atoms with Gasteiger partial charge in [0.1, 0.15) is 28.5 Å². The Hall–Kier alpha value is -3.35. The normalized spacial score (nSPS) is 13.5. The lowest BCUT2D eigenvalue weighted by atomic mass is 9.96. The molecule has 0 aliphatic heterocycles. The Balaban J connectivity index is 1.74. The maximum absolute atomic E-state index is 12.5. The van der Waals surface area contributed by atoms with E-state index in [4.69, 9.17) is 4.74 Å². The van der Waals surface area contributed by atoms with Gasteiger partial charge in [0.2, 0.25) is 0 Å². The van der Waals surface area contributed by atoms with Crippen LogP contribution in [0, 0.1) is 22.7 Å². The lowest BCUT2D eigenvalue weighted by Crippen LogP contribution is -2.13. The number of thiophene rings is 1. The minimum Gasteiger partial charge on any atom is -0.497 e. The number of hydrogen-bond donors (Lipinski definition) is 1. The van der Waals surface area contributed by atoms with Crippen molar-refractivity contribution in [2.45, 2.75) is 25.7 Å². The Morgan fingerprint density at radius 2 is 1.96 bits per heavy atom. The summed E-state index contributed by atoms with van der Waals surface area (Å²) >= 11 is 1.45. The molecule has 5 nitrogen and oxygen atoms in total. The topological polar surface area (TPSA) is 85.9 Å². The summed E-state index contributed by atoms with van der Waals surface area (Å²) in [5.74, 6) is 0.258. The molecule has 1 heterocycles. The third kappa shape index (κ3) is 4.31. The van der Waals surface area contributed by atoms with Gasteiger partial charge >= 0.3 is 0 Å². The number of anilines is 1. The van der Waals surface area contributed by atoms with E-state index in [0.717, 1.165) is 42.6 Å². The Bertz CT molecular complexity index is 1020. The van der Waals surface area contributed by atoms with E-state index in [1.807, 2.05) is 30.3 Å². The molecule has 0 saturated carbocycles. The number of rotatable bonds is 5. The Labute approximate surface area is 168 Å². The lowest BCUT2D eigenvalue weighted by molar-refractivity contribution is -0.112. The molecule has 1 amide bonds. The molecule has 0 bridgehead atoms. The Morgan fingerprint density at radius 3 is 2.64 bits per heavy atom. The molecule has 2 aromatic rings. The first-order chi connectivity index (χ1) is 13.7. The van der Waals surface area contributed by atoms with E-state index in [1.54, 1.807) is 19.3 Å². The summed E-state index contributed by atoms with van der Waals surface area (Å²) in [5.41, 5.74) is 2.50. The molecule has 1 aromatic carbocycles. The van der Waals surface area contributed by atoms with E-state index in [1.165, 1.54) is 22.3 Å². The minimum absolute atomic E-state index is 0.0139. The second-order valence-electron chi connectivity index (χ2n) is 6.31. The van der Waals surface area contributed by atoms with Crippen LogP contribution in [-0.4, -0.2) is 13.0 Å². The van der Waals surface area contributed by atoms with Crippen molar-refractivity contribution in [3.05, 3.63) is 63.6 Å². The number of ether oxygens (including phenoxy) is 1. The van der Waals surface area contributed by atoms with Crippen LogP contribution in [0.15, 0.2) is 42.0 Å². The van der Waals surface area contributed by atoms with Crippen molar-refractivity contribution in [1.82, 2.24) is 0 Å². The molecule has 140 valence electrons. The molecule has 0 atom stereocenters. The van der Waals surface area contributed by atoms with Gasteiger partial charge in [-0.1, -0.05) is 24.3 Å². The third-order valence-corrected chi connectivity index (χ3v) is 5.75. The number of carbonyl (C=O) groups is 1. The molecule has 1 aliphatic carbocycles. The molecule has 0 saturated heterocycles. The molecule has 28 heavy (non-hydrogen) atoms. The highest BCUT2D eigenvalue weighted by molar-refractivity contribution is 7.16. The Kier molecular flexibility index (Phi) is 6.26. The monoisotopic (exact) mass is 389 g/mol. The van der Waals surface area contributed by atoms with Crippen molar-refractivity contribution >= 4 is 28.3 Å². The lowest BCUT2D eigenvalue weighted by Gasteiger charge is -2.09. The van der Waals surface area contributed by atoms with Crippen LogP contribution in [0.3, 0.4) is 0 Å². The van der Waals surface area contributed by atoms with Gasteiger partial charge in [-0.05, 0) is 55.0 Å². The number of benzene rings is 1. The smallest absolute Gasteiger partial charge is 0.266 e. The highest BCUT2D eigenvalue weighted by Crippen LogP contribution is 2.37. The Morgan fingerprint density at radius 1 is 1.21 bits per heavy atom. The number of nitriles is 2. The van der Waals surface area contributed by atoms with Crippen LogP contribution in [0.4, 0.5) is 5.00 Å². The number of fused-ring (bicyclic) bond motifs is 1. The summed E-state index contributed by atoms with van der Waals surface area (Å²) in [7, 11) is 1.60. The van der Waals surface area contributed by atoms with E-state index >= 15 is 0 Å². The van der Waals surface area contributed by atoms with E-state index in [0.29, 0.717) is 10.6 Å². The molecule has 1 aliphatic rings. The van der Waals surface area contributed by atoms with Crippen LogP contribution in [0.5, 0.6) is 5.75 Å². The molecule has 0 unspecified atom stereocenters. The van der Waals surface area contributed by atoms with Gasteiger partial charge in [-0.15, -0.1) is 11.3 Å². The van der Waals surface area contributed by atoms with Crippen molar-refractivity contribution < 1.29 is 9.53 Å². The predicted molar refractivity (Wildman–Crippen MR) is 110 cm³/mol. The fraction of sp³-hybridized carbons (Fsp3) is 0.227. The van der Waals surface area contributed by atoms with E-state index < -0.39 is 5.91 Å². The van der Waals surface area contributed by atoms with Gasteiger partial charge < -0.3 is 10.1 Å². The van der Waals surface area contributed by atoms with Gasteiger partial charge in [-0.2, -0.15) is 10.5 Å². The summed E-state index contributed by atoms with van der Waals surface area (Å²) in [6.45, 7) is 0. The van der Waals surface area contributed by atoms with Gasteiger partial charge in [0.25, 0.3) is 5.91 Å². The summed E-state index contributed by atoms with van der Waals surface area (Å²) in [6, 6.07) is 11.6. The van der Waals surface area contributed by atoms with Crippen LogP contribution in [-0.2, 0) is 17.6 Å². The maximum atomic E-state index is 12.5. The molecular formula is C22H19N3O2S. The third-order valence-electron chi connectivity index (χ3n) is 4.54. The molecule has 6 heteroatoms. The van der Waals surface area contributed by atoms with Crippen molar-refractivity contribution in [3.8, 4) is 17.9 Å². The molecule has 3 rings (SSSR count). The van der Waals surface area contributed by atoms with Gasteiger partial charge in [-0.3, -0.25) is 4.79 Å². The zero-order valence-corrected chi connectivity index (χ0v) is 16.3. The summed E-state index contributed by atoms with van der Waals surface area (Å²) < 4.78 is 5.11. The van der Waals surface area contributed by atoms with Crippen LogP contribution in [0.25, 0.3) is 6.08 Å². The summed E-state index contributed by atoms with van der Waals surface area (Å²) in [4.78, 5) is 13.7. The average molecular weight is 389 g/mol. The first kappa shape index (κ1) is 19.4. The number of nitrogens with one attached hydrogen (secondary N) is 1. The zero-order valence-electron chi connectivity index (χ0n) is 15.5. The SMILES string of the molecule is COc1ccc(/C=C/C=C(\C#N)C(=O)Nc2sc3c(c2C#N)CCCC3)cc1. The number of nitrogens with zero attached hydrogens (tertiary/aromatic N) is 2. The highest BCUT2D eigenvalue weighted by Gasteiger charge is 2.22. The zero-order chi connectivity index (χ0) is 19.9. The van der Waals surface area contributed by atoms with Crippen molar-refractivity contribution in [2.75, 3.05) is 12.4 Å². The molecular weight excluding hydrogens is 370 g/mol. The first-order valence-electron chi connectivity index (χ1n) is 8.94. The van der Waals surface area contributed by atoms with Crippen molar-refractivity contribution in [3.63, 3.8) is 0 Å². The maximum Gasteiger partial charge on any atom is 0.266 e. The van der Waals surface area contributed by atoms with Crippen LogP contribution < -0.4 is 10.1 Å². The molecule has 0 radical (unpaired) electrons. The summed E-state index contributed by atoms with van der Waals surface area (Å²) in [5, 5.41) is 22.1. The number of aryl methyl sites for hydroxylation is 1. The minimum atomic E-state index is -0.503. The number of methoxy groups -OCH3 is 1. The number of amides is 1. The quantitative estimate of drug-likeness (QED) is 0.460. The average Bonchev–Trinajstić information content (AvgIpc) is 3.08. The fourth-order valence-corrected chi connectivity index (χ4v) is 4.31. The standard InChI is InChI=1S/C22H19N3O2S/c1-27-17-11-9-15(10-12-17)5-4-6-16(13-23)21(26)25-22-19(14-24)18-7-2-3-8-20(18)28-22/h4-6,9-12H,2-3,7-8H2,1H3,(H,25,26)/b5-4+,16-6+. The fourth-order valence-electron chi connectivity index (χ4n) is 3.08. The van der Waals surface area contributed by atoms with Crippen molar-refractivity contribution in [1.29, 1.82) is 10.5 Å². The first-order valence-corrected chi connectivity index (χ1v) is 9.76. The second kappa shape index (κ2) is 9.03. The van der Waals surface area contributed by atoms with E-state index in [-0.39, 0.29) is 5.57 Å². The van der Waals surface area contributed by atoms with Gasteiger partial charge in [0, 0.05) is 4.88 Å². The van der Waals surface area contributed by atoms with E-state index in [2.05, 4.69) is 11.4 Å². The highest BCUT2D eigenvalue weighted by atomic mass is 32.1. The largest absolute Gasteiger partial charge is 0.497 e. The van der Waals surface area contributed by atoms with Gasteiger partial charge in [-0.25, -0.2) is 0 Å². The van der Waals surface area contributed by atoms with Gasteiger partial charge in [0.05, 0.1) is 12.7 Å². The molecule has 1 N–H and O–H groups in total. The van der Waals surface area contributed by atoms with Gasteiger partial charge in [0.15, 0.2) is 0 Å². The van der Waals surface area contributed by atoms with Crippen LogP contribution in [0.2, 0.25) is 0 Å². The summed E-state index contributed by atoms with van der Waals surface area (Å²) in [6.07, 6.45) is 8.90. The molecule has 1 aromatic heterocycles. The number of allylic oxidation sites excluding steroid dienone is 2. The van der Waals surface area contributed by atoms with E-state index in [9.17, 15) is 15.3 Å². The molecule has 0 spiro atoms. The number of carbonyl (C=O) groups excluding carboxylic acids is 1. The van der Waals surface area contributed by atoms with Crippen LogP contribution in [0.1, 0.15) is 34.4 Å². The number of hydrogen-bond acceptors (Lipinski definition) is 5. The molecule has 0 fully saturated rings. The van der Waals surface area contributed by atoms with Crippen molar-refractivity contribution in [2.24, 2.45) is 0 Å². The van der Waals surface area contributed by atoms with Crippen LogP contribution >= 0.6 is 11.3 Å². The predicted octanol–water partition coefficient (Wildman–Crippen LogP) is 4.61.